The number of pyridine rings is 1. The van der Waals surface area contributed by atoms with Crippen molar-refractivity contribution < 1.29 is 5.11 Å². The number of aryl methyl sites for hydroxylation is 2. The Balaban J connectivity index is 0.00000121. The van der Waals surface area contributed by atoms with Crippen LogP contribution in [0.25, 0.3) is 10.9 Å². The maximum absolute atomic E-state index is 9.89. The molecule has 0 aliphatic heterocycles. The highest BCUT2D eigenvalue weighted by atomic mass is 35.5. The largest absolute Gasteiger partial charge is 0.506 e. The second-order valence-electron chi connectivity index (χ2n) is 4.92. The Morgan fingerprint density at radius 2 is 1.64 bits per heavy atom. The number of benzene rings is 2. The summed E-state index contributed by atoms with van der Waals surface area (Å²) in [7, 11) is 0. The molecule has 0 aliphatic rings. The van der Waals surface area contributed by atoms with E-state index in [1.807, 2.05) is 37.3 Å². The van der Waals surface area contributed by atoms with Gasteiger partial charge in [-0.3, -0.25) is 4.98 Å². The SMILES string of the molecule is Cc1cc(Nc2ccccc2O)c2cccc(C)c2n1.Cl.Cl. The number of nitrogens with zero attached hydrogens (tertiary/aromatic N) is 1. The summed E-state index contributed by atoms with van der Waals surface area (Å²) in [6.07, 6.45) is 0. The van der Waals surface area contributed by atoms with Crippen molar-refractivity contribution in [2.45, 2.75) is 13.8 Å². The van der Waals surface area contributed by atoms with E-state index in [9.17, 15) is 5.11 Å². The summed E-state index contributed by atoms with van der Waals surface area (Å²) in [5, 5.41) is 14.2. The van der Waals surface area contributed by atoms with Crippen molar-refractivity contribution in [2.75, 3.05) is 5.32 Å². The molecule has 0 atom stereocenters. The lowest BCUT2D eigenvalue weighted by atomic mass is 10.1. The third-order valence-corrected chi connectivity index (χ3v) is 3.34. The number of hydrogen-bond donors (Lipinski definition) is 2. The van der Waals surface area contributed by atoms with Crippen LogP contribution in [0.3, 0.4) is 0 Å². The highest BCUT2D eigenvalue weighted by Crippen LogP contribution is 2.31. The predicted octanol–water partition coefficient (Wildman–Crippen LogP) is 5.14. The van der Waals surface area contributed by atoms with Crippen molar-refractivity contribution in [3.63, 3.8) is 0 Å². The molecule has 2 aromatic carbocycles. The number of aromatic hydroxyl groups is 1. The van der Waals surface area contributed by atoms with E-state index in [1.165, 1.54) is 0 Å². The second-order valence-corrected chi connectivity index (χ2v) is 4.92. The highest BCUT2D eigenvalue weighted by molar-refractivity contribution is 5.95. The fourth-order valence-electron chi connectivity index (χ4n) is 2.35. The Morgan fingerprint density at radius 1 is 0.909 bits per heavy atom. The number of anilines is 2. The van der Waals surface area contributed by atoms with Gasteiger partial charge in [0.15, 0.2) is 0 Å². The Kier molecular flexibility index (Phi) is 6.03. The Hall–Kier alpha value is -1.97. The van der Waals surface area contributed by atoms with E-state index >= 15 is 0 Å². The quantitative estimate of drug-likeness (QED) is 0.636. The molecule has 0 spiro atoms. The van der Waals surface area contributed by atoms with Crippen LogP contribution in [0, 0.1) is 13.8 Å². The second kappa shape index (κ2) is 7.34. The molecule has 116 valence electrons. The van der Waals surface area contributed by atoms with E-state index in [2.05, 4.69) is 23.3 Å². The molecule has 3 rings (SSSR count). The summed E-state index contributed by atoms with van der Waals surface area (Å²) >= 11 is 0. The van der Waals surface area contributed by atoms with E-state index in [-0.39, 0.29) is 30.6 Å². The van der Waals surface area contributed by atoms with Gasteiger partial charge in [-0.25, -0.2) is 0 Å². The molecule has 3 aromatic rings. The fraction of sp³-hybridized carbons (Fsp3) is 0.118. The van der Waals surface area contributed by atoms with Crippen molar-refractivity contribution in [1.82, 2.24) is 4.98 Å². The standard InChI is InChI=1S/C17H16N2O.2ClH/c1-11-6-5-7-13-15(10-12(2)18-17(11)13)19-14-8-3-4-9-16(14)20;;/h3-10,20H,1-2H3,(H,18,19);2*1H. The average molecular weight is 337 g/mol. The van der Waals surface area contributed by atoms with Crippen LogP contribution >= 0.6 is 24.8 Å². The van der Waals surface area contributed by atoms with Crippen LogP contribution in [-0.4, -0.2) is 10.1 Å². The topological polar surface area (TPSA) is 45.1 Å². The molecule has 1 aromatic heterocycles. The van der Waals surface area contributed by atoms with Crippen LogP contribution in [0.2, 0.25) is 0 Å². The minimum absolute atomic E-state index is 0. The number of para-hydroxylation sites is 3. The van der Waals surface area contributed by atoms with Crippen molar-refractivity contribution in [2.24, 2.45) is 0 Å². The number of rotatable bonds is 2. The number of fused-ring (bicyclic) bond motifs is 1. The monoisotopic (exact) mass is 336 g/mol. The first-order valence-electron chi connectivity index (χ1n) is 6.57. The number of hydrogen-bond acceptors (Lipinski definition) is 3. The molecule has 5 heteroatoms. The van der Waals surface area contributed by atoms with Crippen LogP contribution in [-0.2, 0) is 0 Å². The molecular formula is C17H18Cl2N2O. The van der Waals surface area contributed by atoms with Gasteiger partial charge in [0.2, 0.25) is 0 Å². The van der Waals surface area contributed by atoms with Crippen LogP contribution < -0.4 is 5.32 Å². The third-order valence-electron chi connectivity index (χ3n) is 3.34. The summed E-state index contributed by atoms with van der Waals surface area (Å²) in [6, 6.07) is 15.3. The van der Waals surface area contributed by atoms with Gasteiger partial charge >= 0.3 is 0 Å². The molecule has 0 aliphatic carbocycles. The van der Waals surface area contributed by atoms with Crippen LogP contribution in [0.4, 0.5) is 11.4 Å². The first-order valence-corrected chi connectivity index (χ1v) is 6.57. The molecule has 0 saturated carbocycles. The normalized spacial score (nSPS) is 9.73. The number of phenols is 1. The van der Waals surface area contributed by atoms with Crippen molar-refractivity contribution >= 4 is 47.1 Å². The molecule has 0 saturated heterocycles. The van der Waals surface area contributed by atoms with Crippen LogP contribution in [0.15, 0.2) is 48.5 Å². The van der Waals surface area contributed by atoms with Crippen LogP contribution in [0.1, 0.15) is 11.3 Å². The van der Waals surface area contributed by atoms with Gasteiger partial charge in [-0.2, -0.15) is 0 Å². The summed E-state index contributed by atoms with van der Waals surface area (Å²) in [5.41, 5.74) is 4.74. The smallest absolute Gasteiger partial charge is 0.139 e. The molecule has 22 heavy (non-hydrogen) atoms. The number of phenolic OH excluding ortho intramolecular Hbond substituents is 1. The van der Waals surface area contributed by atoms with Gasteiger partial charge < -0.3 is 10.4 Å². The number of nitrogens with one attached hydrogen (secondary N) is 1. The zero-order chi connectivity index (χ0) is 14.1. The lowest BCUT2D eigenvalue weighted by Gasteiger charge is -2.13. The summed E-state index contributed by atoms with van der Waals surface area (Å²) in [4.78, 5) is 4.60. The first kappa shape index (κ1) is 18.1. The third kappa shape index (κ3) is 3.43. The van der Waals surface area contributed by atoms with E-state index in [1.54, 1.807) is 12.1 Å². The van der Waals surface area contributed by atoms with Gasteiger partial charge in [0, 0.05) is 16.8 Å². The molecular weight excluding hydrogens is 319 g/mol. The first-order chi connectivity index (χ1) is 9.65. The highest BCUT2D eigenvalue weighted by Gasteiger charge is 2.07. The minimum atomic E-state index is 0. The summed E-state index contributed by atoms with van der Waals surface area (Å²) < 4.78 is 0. The molecule has 2 N–H and O–H groups in total. The van der Waals surface area contributed by atoms with Crippen molar-refractivity contribution in [1.29, 1.82) is 0 Å². The molecule has 3 nitrogen and oxygen atoms in total. The molecule has 0 radical (unpaired) electrons. The fourth-order valence-corrected chi connectivity index (χ4v) is 2.35. The van der Waals surface area contributed by atoms with Gasteiger partial charge in [0.25, 0.3) is 0 Å². The Labute approximate surface area is 142 Å². The summed E-state index contributed by atoms with van der Waals surface area (Å²) in [6.45, 7) is 4.03. The van der Waals surface area contributed by atoms with Gasteiger partial charge in [0.1, 0.15) is 5.75 Å². The van der Waals surface area contributed by atoms with E-state index < -0.39 is 0 Å². The molecule has 0 amide bonds. The molecule has 0 bridgehead atoms. The zero-order valence-electron chi connectivity index (χ0n) is 12.3. The number of aromatic nitrogens is 1. The van der Waals surface area contributed by atoms with E-state index in [0.717, 1.165) is 27.8 Å². The number of halogens is 2. The maximum Gasteiger partial charge on any atom is 0.139 e. The molecule has 1 heterocycles. The molecule has 0 unspecified atom stereocenters. The predicted molar refractivity (Wildman–Crippen MR) is 97.1 cm³/mol. The lowest BCUT2D eigenvalue weighted by molar-refractivity contribution is 0.478. The van der Waals surface area contributed by atoms with Gasteiger partial charge in [-0.05, 0) is 37.6 Å². The van der Waals surface area contributed by atoms with Crippen molar-refractivity contribution in [3.05, 3.63) is 59.8 Å². The minimum Gasteiger partial charge on any atom is -0.506 e. The van der Waals surface area contributed by atoms with Gasteiger partial charge in [-0.1, -0.05) is 30.3 Å². The van der Waals surface area contributed by atoms with E-state index in [0.29, 0.717) is 5.69 Å². The van der Waals surface area contributed by atoms with E-state index in [4.69, 9.17) is 0 Å². The lowest BCUT2D eigenvalue weighted by Crippen LogP contribution is -1.96. The average Bonchev–Trinajstić information content (AvgIpc) is 2.42. The van der Waals surface area contributed by atoms with Gasteiger partial charge in [-0.15, -0.1) is 24.8 Å². The Bertz CT molecular complexity index is 791. The van der Waals surface area contributed by atoms with Gasteiger partial charge in [0.05, 0.1) is 11.2 Å². The Morgan fingerprint density at radius 3 is 2.36 bits per heavy atom. The zero-order valence-corrected chi connectivity index (χ0v) is 14.0. The summed E-state index contributed by atoms with van der Waals surface area (Å²) in [5.74, 6) is 0.239. The molecule has 0 fully saturated rings. The van der Waals surface area contributed by atoms with Crippen LogP contribution in [0.5, 0.6) is 5.75 Å². The van der Waals surface area contributed by atoms with Crippen molar-refractivity contribution in [3.8, 4) is 5.75 Å². The maximum atomic E-state index is 9.89.